The molecule has 1 atom stereocenters. The molecule has 0 aliphatic heterocycles. The second-order valence-corrected chi connectivity index (χ2v) is 5.70. The van der Waals surface area contributed by atoms with Gasteiger partial charge in [0.1, 0.15) is 17.2 Å². The Labute approximate surface area is 151 Å². The summed E-state index contributed by atoms with van der Waals surface area (Å²) in [4.78, 5) is 12.2. The number of para-hydroxylation sites is 1. The van der Waals surface area contributed by atoms with Gasteiger partial charge in [-0.3, -0.25) is 4.79 Å². The van der Waals surface area contributed by atoms with Crippen molar-refractivity contribution < 1.29 is 18.8 Å². The SMILES string of the molecule is COc1ccc(-c2cc(CNC(=O)C(C)Oc3ccccc3)no2)cc1. The van der Waals surface area contributed by atoms with E-state index in [-0.39, 0.29) is 12.5 Å². The van der Waals surface area contributed by atoms with Crippen LogP contribution in [-0.4, -0.2) is 24.3 Å². The normalized spacial score (nSPS) is 11.6. The van der Waals surface area contributed by atoms with Crippen LogP contribution in [0.1, 0.15) is 12.6 Å². The predicted octanol–water partition coefficient (Wildman–Crippen LogP) is 3.43. The molecule has 0 aliphatic carbocycles. The van der Waals surface area contributed by atoms with E-state index in [4.69, 9.17) is 14.0 Å². The number of carbonyl (C=O) groups is 1. The molecule has 0 saturated carbocycles. The average molecular weight is 352 g/mol. The van der Waals surface area contributed by atoms with Crippen LogP contribution in [0.4, 0.5) is 0 Å². The van der Waals surface area contributed by atoms with E-state index in [1.165, 1.54) is 0 Å². The van der Waals surface area contributed by atoms with Gasteiger partial charge in [0.25, 0.3) is 5.91 Å². The van der Waals surface area contributed by atoms with Crippen molar-refractivity contribution in [2.24, 2.45) is 0 Å². The molecule has 3 rings (SSSR count). The van der Waals surface area contributed by atoms with Crippen LogP contribution in [0.15, 0.2) is 65.2 Å². The second-order valence-electron chi connectivity index (χ2n) is 5.70. The maximum absolute atomic E-state index is 12.2. The van der Waals surface area contributed by atoms with Crippen LogP contribution in [0.2, 0.25) is 0 Å². The van der Waals surface area contributed by atoms with E-state index in [0.717, 1.165) is 11.3 Å². The minimum Gasteiger partial charge on any atom is -0.497 e. The van der Waals surface area contributed by atoms with Crippen LogP contribution in [0, 0.1) is 0 Å². The second kappa shape index (κ2) is 8.20. The molecule has 1 N–H and O–H groups in total. The molecule has 134 valence electrons. The van der Waals surface area contributed by atoms with Crippen molar-refractivity contribution in [1.82, 2.24) is 10.5 Å². The van der Waals surface area contributed by atoms with Crippen LogP contribution < -0.4 is 14.8 Å². The number of ether oxygens (including phenoxy) is 2. The van der Waals surface area contributed by atoms with E-state index in [1.807, 2.05) is 54.6 Å². The molecule has 0 bridgehead atoms. The zero-order chi connectivity index (χ0) is 18.4. The van der Waals surface area contributed by atoms with Crippen molar-refractivity contribution in [3.63, 3.8) is 0 Å². The Balaban J connectivity index is 1.54. The maximum atomic E-state index is 12.2. The molecular formula is C20H20N2O4. The highest BCUT2D eigenvalue weighted by Gasteiger charge is 2.15. The Bertz CT molecular complexity index is 844. The first-order valence-corrected chi connectivity index (χ1v) is 8.25. The highest BCUT2D eigenvalue weighted by atomic mass is 16.5. The number of rotatable bonds is 7. The van der Waals surface area contributed by atoms with Crippen molar-refractivity contribution in [3.05, 3.63) is 66.4 Å². The predicted molar refractivity (Wildman–Crippen MR) is 96.9 cm³/mol. The number of aromatic nitrogens is 1. The first-order valence-electron chi connectivity index (χ1n) is 8.25. The molecule has 1 unspecified atom stereocenters. The summed E-state index contributed by atoms with van der Waals surface area (Å²) in [5.74, 6) is 1.83. The lowest BCUT2D eigenvalue weighted by atomic mass is 10.1. The van der Waals surface area contributed by atoms with Crippen LogP contribution >= 0.6 is 0 Å². The van der Waals surface area contributed by atoms with E-state index in [2.05, 4.69) is 10.5 Å². The third kappa shape index (κ3) is 4.42. The zero-order valence-electron chi connectivity index (χ0n) is 14.6. The molecule has 0 radical (unpaired) electrons. The van der Waals surface area contributed by atoms with Gasteiger partial charge in [0, 0.05) is 11.6 Å². The molecule has 6 nitrogen and oxygen atoms in total. The third-order valence-electron chi connectivity index (χ3n) is 3.80. The van der Waals surface area contributed by atoms with E-state index in [1.54, 1.807) is 20.1 Å². The van der Waals surface area contributed by atoms with Crippen molar-refractivity contribution in [2.45, 2.75) is 19.6 Å². The molecule has 1 aromatic heterocycles. The molecule has 1 amide bonds. The van der Waals surface area contributed by atoms with Crippen LogP contribution in [0.5, 0.6) is 11.5 Å². The quantitative estimate of drug-likeness (QED) is 0.705. The van der Waals surface area contributed by atoms with Crippen LogP contribution in [-0.2, 0) is 11.3 Å². The highest BCUT2D eigenvalue weighted by molar-refractivity contribution is 5.80. The number of carbonyl (C=O) groups excluding carboxylic acids is 1. The van der Waals surface area contributed by atoms with Crippen molar-refractivity contribution >= 4 is 5.91 Å². The fourth-order valence-electron chi connectivity index (χ4n) is 2.36. The smallest absolute Gasteiger partial charge is 0.261 e. The van der Waals surface area contributed by atoms with E-state index in [9.17, 15) is 4.79 Å². The van der Waals surface area contributed by atoms with Gasteiger partial charge in [-0.1, -0.05) is 23.4 Å². The minimum absolute atomic E-state index is 0.220. The fraction of sp³-hybridized carbons (Fsp3) is 0.200. The van der Waals surface area contributed by atoms with E-state index < -0.39 is 6.10 Å². The van der Waals surface area contributed by atoms with Crippen LogP contribution in [0.3, 0.4) is 0 Å². The molecule has 0 aliphatic rings. The number of hydrogen-bond acceptors (Lipinski definition) is 5. The van der Waals surface area contributed by atoms with Gasteiger partial charge >= 0.3 is 0 Å². The number of methoxy groups -OCH3 is 1. The standard InChI is InChI=1S/C20H20N2O4/c1-14(25-18-6-4-3-5-7-18)20(23)21-13-16-12-19(26-22-16)15-8-10-17(24-2)11-9-15/h3-12,14H,13H2,1-2H3,(H,21,23). The summed E-state index contributed by atoms with van der Waals surface area (Å²) in [7, 11) is 1.62. The lowest BCUT2D eigenvalue weighted by molar-refractivity contribution is -0.127. The summed E-state index contributed by atoms with van der Waals surface area (Å²) < 4.78 is 16.1. The van der Waals surface area contributed by atoms with Gasteiger partial charge in [0.05, 0.1) is 13.7 Å². The molecule has 1 heterocycles. The first kappa shape index (κ1) is 17.5. The number of benzene rings is 2. The number of nitrogens with zero attached hydrogens (tertiary/aromatic N) is 1. The molecule has 0 fully saturated rings. The topological polar surface area (TPSA) is 73.6 Å². The number of hydrogen-bond donors (Lipinski definition) is 1. The van der Waals surface area contributed by atoms with Gasteiger partial charge in [0.2, 0.25) is 0 Å². The largest absolute Gasteiger partial charge is 0.497 e. The first-order chi connectivity index (χ1) is 12.7. The van der Waals surface area contributed by atoms with Gasteiger partial charge in [-0.05, 0) is 43.3 Å². The molecule has 26 heavy (non-hydrogen) atoms. The molecule has 2 aromatic carbocycles. The van der Waals surface area contributed by atoms with E-state index >= 15 is 0 Å². The highest BCUT2D eigenvalue weighted by Crippen LogP contribution is 2.23. The van der Waals surface area contributed by atoms with Crippen LogP contribution in [0.25, 0.3) is 11.3 Å². The Hall–Kier alpha value is -3.28. The molecule has 0 saturated heterocycles. The summed E-state index contributed by atoms with van der Waals surface area (Å²) in [6.45, 7) is 1.97. The molecule has 0 spiro atoms. The fourth-order valence-corrected chi connectivity index (χ4v) is 2.36. The lowest BCUT2D eigenvalue weighted by Gasteiger charge is -2.13. The molecular weight excluding hydrogens is 332 g/mol. The average Bonchev–Trinajstić information content (AvgIpc) is 3.16. The summed E-state index contributed by atoms with van der Waals surface area (Å²) in [5.41, 5.74) is 1.52. The maximum Gasteiger partial charge on any atom is 0.261 e. The third-order valence-corrected chi connectivity index (χ3v) is 3.80. The molecule has 6 heteroatoms. The summed E-state index contributed by atoms with van der Waals surface area (Å²) in [5, 5.41) is 6.78. The summed E-state index contributed by atoms with van der Waals surface area (Å²) >= 11 is 0. The summed E-state index contributed by atoms with van der Waals surface area (Å²) in [6, 6.07) is 18.5. The van der Waals surface area contributed by atoms with Gasteiger partial charge in [0.15, 0.2) is 11.9 Å². The van der Waals surface area contributed by atoms with Crippen molar-refractivity contribution in [1.29, 1.82) is 0 Å². The monoisotopic (exact) mass is 352 g/mol. The Morgan fingerprint density at radius 2 is 1.85 bits per heavy atom. The summed E-state index contributed by atoms with van der Waals surface area (Å²) in [6.07, 6.45) is -0.606. The lowest BCUT2D eigenvalue weighted by Crippen LogP contribution is -2.35. The minimum atomic E-state index is -0.606. The van der Waals surface area contributed by atoms with Gasteiger partial charge in [-0.2, -0.15) is 0 Å². The van der Waals surface area contributed by atoms with Gasteiger partial charge in [-0.25, -0.2) is 0 Å². The van der Waals surface area contributed by atoms with Crippen molar-refractivity contribution in [2.75, 3.05) is 7.11 Å². The number of amides is 1. The molecule has 3 aromatic rings. The number of nitrogens with one attached hydrogen (secondary N) is 1. The van der Waals surface area contributed by atoms with Gasteiger partial charge < -0.3 is 19.3 Å². The Kier molecular flexibility index (Phi) is 5.53. The zero-order valence-corrected chi connectivity index (χ0v) is 14.6. The Morgan fingerprint density at radius 1 is 1.12 bits per heavy atom. The van der Waals surface area contributed by atoms with Gasteiger partial charge in [-0.15, -0.1) is 0 Å². The van der Waals surface area contributed by atoms with Crippen molar-refractivity contribution in [3.8, 4) is 22.8 Å². The Morgan fingerprint density at radius 3 is 2.54 bits per heavy atom. The van der Waals surface area contributed by atoms with E-state index in [0.29, 0.717) is 17.2 Å².